The number of benzene rings is 4. The second-order valence-corrected chi connectivity index (χ2v) is 9.59. The summed E-state index contributed by atoms with van der Waals surface area (Å²) in [7, 11) is 0. The lowest BCUT2D eigenvalue weighted by Crippen LogP contribution is -2.43. The van der Waals surface area contributed by atoms with Crippen LogP contribution in [0.1, 0.15) is 17.5 Å². The molecule has 1 heterocycles. The van der Waals surface area contributed by atoms with Crippen LogP contribution in [0.2, 0.25) is 0 Å². The Balaban J connectivity index is 1.27. The van der Waals surface area contributed by atoms with Gasteiger partial charge in [-0.05, 0) is 78.4 Å². The summed E-state index contributed by atoms with van der Waals surface area (Å²) in [5, 5.41) is 2.98. The summed E-state index contributed by atoms with van der Waals surface area (Å²) in [4.78, 5) is 28.5. The molecule has 0 aromatic heterocycles. The van der Waals surface area contributed by atoms with Crippen LogP contribution >= 0.6 is 0 Å². The molecule has 6 heteroatoms. The van der Waals surface area contributed by atoms with Gasteiger partial charge in [-0.25, -0.2) is 4.39 Å². The maximum Gasteiger partial charge on any atom is 0.247 e. The van der Waals surface area contributed by atoms with Crippen molar-refractivity contribution in [3.63, 3.8) is 0 Å². The molecule has 5 rings (SSSR count). The van der Waals surface area contributed by atoms with Crippen molar-refractivity contribution in [2.24, 2.45) is 5.92 Å². The molecule has 0 bridgehead atoms. The number of rotatable bonds is 8. The molecule has 0 spiro atoms. The first-order chi connectivity index (χ1) is 18.5. The number of hydrogen-bond acceptors (Lipinski definition) is 3. The maximum absolute atomic E-state index is 13.4. The molecule has 4 aromatic rings. The molecule has 0 radical (unpaired) electrons. The molecule has 1 fully saturated rings. The van der Waals surface area contributed by atoms with Crippen LogP contribution in [0.5, 0.6) is 11.5 Å². The average molecular weight is 509 g/mol. The average Bonchev–Trinajstić information content (AvgIpc) is 3.36. The highest BCUT2D eigenvalue weighted by Gasteiger charge is 2.39. The van der Waals surface area contributed by atoms with Crippen molar-refractivity contribution in [2.45, 2.75) is 25.3 Å². The second-order valence-electron chi connectivity index (χ2n) is 9.59. The van der Waals surface area contributed by atoms with Crippen LogP contribution in [0.15, 0.2) is 109 Å². The maximum atomic E-state index is 13.4. The van der Waals surface area contributed by atoms with Gasteiger partial charge in [-0.15, -0.1) is 0 Å². The summed E-state index contributed by atoms with van der Waals surface area (Å²) in [5.74, 6) is 0.706. The van der Waals surface area contributed by atoms with E-state index in [4.69, 9.17) is 4.74 Å². The van der Waals surface area contributed by atoms with E-state index in [-0.39, 0.29) is 30.0 Å². The number of hydrogen-bond donors (Lipinski definition) is 1. The Morgan fingerprint density at radius 3 is 2.00 bits per heavy atom. The van der Waals surface area contributed by atoms with Crippen LogP contribution in [0, 0.1) is 11.7 Å². The molecule has 2 amide bonds. The molecule has 1 N–H and O–H groups in total. The largest absolute Gasteiger partial charge is 0.457 e. The van der Waals surface area contributed by atoms with Crippen molar-refractivity contribution in [3.05, 3.63) is 126 Å². The number of nitrogens with zero attached hydrogens (tertiary/aromatic N) is 1. The highest BCUT2D eigenvalue weighted by atomic mass is 19.1. The number of halogens is 1. The summed E-state index contributed by atoms with van der Waals surface area (Å²) >= 11 is 0. The minimum absolute atomic E-state index is 0.0463. The molecule has 2 atom stereocenters. The molecule has 0 aliphatic carbocycles. The molecule has 5 nitrogen and oxygen atoms in total. The number of likely N-dealkylation sites (tertiary alicyclic amines) is 1. The summed E-state index contributed by atoms with van der Waals surface area (Å²) in [6.45, 7) is 0.545. The lowest BCUT2D eigenvalue weighted by atomic mass is 9.96. The number of amides is 2. The van der Waals surface area contributed by atoms with E-state index in [0.29, 0.717) is 30.2 Å². The van der Waals surface area contributed by atoms with Crippen LogP contribution in [0.4, 0.5) is 10.1 Å². The van der Waals surface area contributed by atoms with Gasteiger partial charge in [0, 0.05) is 12.2 Å². The van der Waals surface area contributed by atoms with Gasteiger partial charge in [0.1, 0.15) is 23.4 Å². The third-order valence-corrected chi connectivity index (χ3v) is 6.75. The Kier molecular flexibility index (Phi) is 7.78. The number of nitrogens with one attached hydrogen (secondary N) is 1. The summed E-state index contributed by atoms with van der Waals surface area (Å²) in [6, 6.07) is 32.0. The first kappa shape index (κ1) is 25.2. The van der Waals surface area contributed by atoms with Gasteiger partial charge >= 0.3 is 0 Å². The fourth-order valence-electron chi connectivity index (χ4n) is 4.89. The van der Waals surface area contributed by atoms with E-state index in [9.17, 15) is 14.0 Å². The van der Waals surface area contributed by atoms with Gasteiger partial charge in [0.15, 0.2) is 0 Å². The smallest absolute Gasteiger partial charge is 0.247 e. The molecule has 1 aliphatic heterocycles. The van der Waals surface area contributed by atoms with Crippen LogP contribution in [0.25, 0.3) is 0 Å². The first-order valence-corrected chi connectivity index (χ1v) is 12.7. The predicted molar refractivity (Wildman–Crippen MR) is 145 cm³/mol. The Morgan fingerprint density at radius 1 is 0.789 bits per heavy atom. The lowest BCUT2D eigenvalue weighted by molar-refractivity contribution is -0.136. The lowest BCUT2D eigenvalue weighted by Gasteiger charge is -2.24. The van der Waals surface area contributed by atoms with E-state index in [1.165, 1.54) is 17.7 Å². The Hall–Kier alpha value is -4.45. The molecular weight excluding hydrogens is 479 g/mol. The minimum atomic E-state index is -0.546. The molecule has 1 saturated heterocycles. The number of ether oxygens (including phenoxy) is 1. The zero-order valence-corrected chi connectivity index (χ0v) is 20.9. The van der Waals surface area contributed by atoms with Crippen LogP contribution in [0.3, 0.4) is 0 Å². The molecule has 0 saturated carbocycles. The van der Waals surface area contributed by atoms with E-state index in [0.717, 1.165) is 12.0 Å². The van der Waals surface area contributed by atoms with Gasteiger partial charge in [-0.2, -0.15) is 0 Å². The number of carbonyl (C=O) groups is 2. The molecule has 4 aromatic carbocycles. The summed E-state index contributed by atoms with van der Waals surface area (Å²) in [5.41, 5.74) is 2.74. The van der Waals surface area contributed by atoms with Crippen LogP contribution < -0.4 is 10.1 Å². The highest BCUT2D eigenvalue weighted by Crippen LogP contribution is 2.29. The standard InChI is InChI=1S/C32H29FN2O3/c33-26-11-15-28(16-12-26)38-29-17-13-27(14-18-29)34-32(37)30-20-25(19-23-7-3-1-4-8-23)22-35(30)31(36)21-24-9-5-2-6-10-24/h1-18,25,30H,19-22H2,(H,34,37). The van der Waals surface area contributed by atoms with E-state index >= 15 is 0 Å². The monoisotopic (exact) mass is 508 g/mol. The van der Waals surface area contributed by atoms with Crippen molar-refractivity contribution in [2.75, 3.05) is 11.9 Å². The molecule has 38 heavy (non-hydrogen) atoms. The van der Waals surface area contributed by atoms with Crippen molar-refractivity contribution in [1.82, 2.24) is 4.90 Å². The van der Waals surface area contributed by atoms with Gasteiger partial charge in [0.05, 0.1) is 6.42 Å². The van der Waals surface area contributed by atoms with Crippen molar-refractivity contribution in [3.8, 4) is 11.5 Å². The van der Waals surface area contributed by atoms with Crippen molar-refractivity contribution in [1.29, 1.82) is 0 Å². The topological polar surface area (TPSA) is 58.6 Å². The Bertz CT molecular complexity index is 1360. The summed E-state index contributed by atoms with van der Waals surface area (Å²) < 4.78 is 18.9. The third kappa shape index (κ3) is 6.45. The van der Waals surface area contributed by atoms with Gasteiger partial charge in [0.2, 0.25) is 11.8 Å². The zero-order valence-electron chi connectivity index (χ0n) is 20.9. The molecule has 192 valence electrons. The minimum Gasteiger partial charge on any atom is -0.457 e. The Labute approximate surface area is 221 Å². The second kappa shape index (κ2) is 11.7. The zero-order chi connectivity index (χ0) is 26.3. The van der Waals surface area contributed by atoms with Gasteiger partial charge in [-0.3, -0.25) is 9.59 Å². The quantitative estimate of drug-likeness (QED) is 0.306. The predicted octanol–water partition coefficient (Wildman–Crippen LogP) is 6.26. The van der Waals surface area contributed by atoms with Crippen LogP contribution in [-0.4, -0.2) is 29.3 Å². The van der Waals surface area contributed by atoms with Gasteiger partial charge in [-0.1, -0.05) is 60.7 Å². The molecule has 1 aliphatic rings. The number of carbonyl (C=O) groups excluding carboxylic acids is 2. The van der Waals surface area contributed by atoms with Crippen molar-refractivity contribution < 1.29 is 18.7 Å². The fourth-order valence-corrected chi connectivity index (χ4v) is 4.89. The SMILES string of the molecule is O=C(Nc1ccc(Oc2ccc(F)cc2)cc1)C1CC(Cc2ccccc2)CN1C(=O)Cc1ccccc1. The van der Waals surface area contributed by atoms with E-state index < -0.39 is 6.04 Å². The first-order valence-electron chi connectivity index (χ1n) is 12.7. The summed E-state index contributed by atoms with van der Waals surface area (Å²) in [6.07, 6.45) is 1.68. The van der Waals surface area contributed by atoms with E-state index in [1.54, 1.807) is 41.3 Å². The third-order valence-electron chi connectivity index (χ3n) is 6.75. The number of anilines is 1. The molecule has 2 unspecified atom stereocenters. The normalized spacial score (nSPS) is 16.7. The fraction of sp³-hybridized carbons (Fsp3) is 0.188. The van der Waals surface area contributed by atoms with E-state index in [2.05, 4.69) is 17.4 Å². The van der Waals surface area contributed by atoms with Crippen LogP contribution in [-0.2, 0) is 22.4 Å². The molecular formula is C32H29FN2O3. The van der Waals surface area contributed by atoms with Gasteiger partial charge in [0.25, 0.3) is 0 Å². The van der Waals surface area contributed by atoms with Crippen molar-refractivity contribution >= 4 is 17.5 Å². The Morgan fingerprint density at radius 2 is 1.37 bits per heavy atom. The van der Waals surface area contributed by atoms with E-state index in [1.807, 2.05) is 48.5 Å². The highest BCUT2D eigenvalue weighted by molar-refractivity contribution is 5.97. The van der Waals surface area contributed by atoms with Gasteiger partial charge < -0.3 is 15.0 Å².